The normalized spacial score (nSPS) is 10.4. The minimum Gasteiger partial charge on any atom is -0.351 e. The van der Waals surface area contributed by atoms with Crippen LogP contribution in [-0.2, 0) is 0 Å². The van der Waals surface area contributed by atoms with E-state index in [-0.39, 0.29) is 5.91 Å². The molecule has 5 nitrogen and oxygen atoms in total. The lowest BCUT2D eigenvalue weighted by Crippen LogP contribution is -2.24. The molecule has 0 saturated carbocycles. The van der Waals surface area contributed by atoms with Gasteiger partial charge in [-0.3, -0.25) is 4.79 Å². The van der Waals surface area contributed by atoms with Crippen molar-refractivity contribution in [3.63, 3.8) is 0 Å². The molecule has 0 bridgehead atoms. The van der Waals surface area contributed by atoms with Gasteiger partial charge < -0.3 is 5.32 Å². The Morgan fingerprint density at radius 3 is 2.61 bits per heavy atom. The van der Waals surface area contributed by atoms with E-state index in [4.69, 9.17) is 0 Å². The Balaban J connectivity index is 2.34. The van der Waals surface area contributed by atoms with Crippen molar-refractivity contribution in [1.29, 1.82) is 0 Å². The highest BCUT2D eigenvalue weighted by atomic mass is 79.9. The molecular formula is C12H13BrN4O. The van der Waals surface area contributed by atoms with Crippen molar-refractivity contribution in [2.24, 2.45) is 0 Å². The number of rotatable bonds is 3. The zero-order chi connectivity index (χ0) is 13.1. The van der Waals surface area contributed by atoms with E-state index in [1.165, 1.54) is 4.80 Å². The van der Waals surface area contributed by atoms with Crippen LogP contribution in [0.2, 0.25) is 0 Å². The molecular weight excluding hydrogens is 296 g/mol. The molecule has 0 aliphatic rings. The van der Waals surface area contributed by atoms with Crippen molar-refractivity contribution in [1.82, 2.24) is 20.3 Å². The Kier molecular flexibility index (Phi) is 3.76. The van der Waals surface area contributed by atoms with Crippen LogP contribution in [-0.4, -0.2) is 27.4 Å². The minimum absolute atomic E-state index is 0.196. The lowest BCUT2D eigenvalue weighted by atomic mass is 10.3. The monoisotopic (exact) mass is 308 g/mol. The molecule has 1 aromatic carbocycles. The van der Waals surface area contributed by atoms with Crippen LogP contribution in [0.3, 0.4) is 0 Å². The van der Waals surface area contributed by atoms with E-state index in [0.717, 1.165) is 10.2 Å². The van der Waals surface area contributed by atoms with Crippen molar-refractivity contribution in [2.75, 3.05) is 6.54 Å². The van der Waals surface area contributed by atoms with Crippen LogP contribution in [0.25, 0.3) is 5.69 Å². The summed E-state index contributed by atoms with van der Waals surface area (Å²) in [6, 6.07) is 7.57. The number of benzene rings is 1. The number of hydrogen-bond donors (Lipinski definition) is 1. The molecule has 6 heteroatoms. The maximum Gasteiger partial charge on any atom is 0.273 e. The van der Waals surface area contributed by atoms with Gasteiger partial charge >= 0.3 is 0 Å². The van der Waals surface area contributed by atoms with Crippen molar-refractivity contribution < 1.29 is 4.79 Å². The van der Waals surface area contributed by atoms with Crippen molar-refractivity contribution >= 4 is 21.8 Å². The number of nitrogens with one attached hydrogen (secondary N) is 1. The third-order valence-corrected chi connectivity index (χ3v) is 2.92. The first kappa shape index (κ1) is 12.8. The average Bonchev–Trinajstić information content (AvgIpc) is 2.72. The third-order valence-electron chi connectivity index (χ3n) is 2.39. The number of hydrogen-bond acceptors (Lipinski definition) is 3. The molecule has 2 aromatic rings. The standard InChI is InChI=1S/C12H13BrN4O/c1-3-14-12(18)11-8(2)15-17(16-11)10-6-4-9(13)5-7-10/h4-7H,3H2,1-2H3,(H,14,18). The van der Waals surface area contributed by atoms with Gasteiger partial charge in [0.25, 0.3) is 5.91 Å². The first-order chi connectivity index (χ1) is 8.61. The summed E-state index contributed by atoms with van der Waals surface area (Å²) < 4.78 is 0.985. The smallest absolute Gasteiger partial charge is 0.273 e. The molecule has 0 aliphatic carbocycles. The topological polar surface area (TPSA) is 59.8 Å². The summed E-state index contributed by atoms with van der Waals surface area (Å²) in [4.78, 5) is 13.2. The van der Waals surface area contributed by atoms with Crippen LogP contribution >= 0.6 is 15.9 Å². The van der Waals surface area contributed by atoms with Gasteiger partial charge in [0.1, 0.15) is 0 Å². The number of amides is 1. The lowest BCUT2D eigenvalue weighted by Gasteiger charge is -1.99. The molecule has 94 valence electrons. The van der Waals surface area contributed by atoms with E-state index in [2.05, 4.69) is 31.4 Å². The molecule has 2 rings (SSSR count). The summed E-state index contributed by atoms with van der Waals surface area (Å²) in [5.41, 5.74) is 1.79. The SMILES string of the molecule is CCNC(=O)c1nn(-c2ccc(Br)cc2)nc1C. The van der Waals surface area contributed by atoms with Gasteiger partial charge in [-0.15, -0.1) is 5.10 Å². The van der Waals surface area contributed by atoms with Gasteiger partial charge in [0.05, 0.1) is 11.4 Å². The lowest BCUT2D eigenvalue weighted by molar-refractivity contribution is 0.0950. The Bertz CT molecular complexity index is 562. The predicted octanol–water partition coefficient (Wildman–Crippen LogP) is 2.09. The van der Waals surface area contributed by atoms with Gasteiger partial charge in [0, 0.05) is 11.0 Å². The van der Waals surface area contributed by atoms with Crippen molar-refractivity contribution in [3.8, 4) is 5.69 Å². The summed E-state index contributed by atoms with van der Waals surface area (Å²) in [5, 5.41) is 11.2. The summed E-state index contributed by atoms with van der Waals surface area (Å²) in [7, 11) is 0. The molecule has 18 heavy (non-hydrogen) atoms. The molecule has 1 aromatic heterocycles. The highest BCUT2D eigenvalue weighted by molar-refractivity contribution is 9.10. The average molecular weight is 309 g/mol. The van der Waals surface area contributed by atoms with Gasteiger partial charge in [-0.1, -0.05) is 15.9 Å². The fraction of sp³-hybridized carbons (Fsp3) is 0.250. The second-order valence-electron chi connectivity index (χ2n) is 3.76. The second-order valence-corrected chi connectivity index (χ2v) is 4.68. The highest BCUT2D eigenvalue weighted by Crippen LogP contribution is 2.13. The number of aromatic nitrogens is 3. The summed E-state index contributed by atoms with van der Waals surface area (Å²) in [5.74, 6) is -0.196. The number of halogens is 1. The summed E-state index contributed by atoms with van der Waals surface area (Å²) >= 11 is 3.37. The maximum atomic E-state index is 11.7. The Morgan fingerprint density at radius 2 is 2.00 bits per heavy atom. The summed E-state index contributed by atoms with van der Waals surface area (Å²) in [6.07, 6.45) is 0. The molecule has 0 spiro atoms. The van der Waals surface area contributed by atoms with Crippen LogP contribution < -0.4 is 5.32 Å². The molecule has 0 aliphatic heterocycles. The van der Waals surface area contributed by atoms with Crippen LogP contribution in [0.4, 0.5) is 0 Å². The van der Waals surface area contributed by atoms with E-state index in [0.29, 0.717) is 17.9 Å². The van der Waals surface area contributed by atoms with Crippen molar-refractivity contribution in [3.05, 3.63) is 40.1 Å². The molecule has 0 radical (unpaired) electrons. The first-order valence-corrected chi connectivity index (χ1v) is 6.39. The molecule has 0 fully saturated rings. The van der Waals surface area contributed by atoms with Crippen LogP contribution in [0.5, 0.6) is 0 Å². The molecule has 0 saturated heterocycles. The fourth-order valence-electron chi connectivity index (χ4n) is 1.52. The van der Waals surface area contributed by atoms with E-state index in [9.17, 15) is 4.79 Å². The van der Waals surface area contributed by atoms with E-state index < -0.39 is 0 Å². The maximum absolute atomic E-state index is 11.7. The molecule has 1 N–H and O–H groups in total. The molecule has 1 amide bonds. The Hall–Kier alpha value is -1.69. The molecule has 0 unspecified atom stereocenters. The number of nitrogens with zero attached hydrogens (tertiary/aromatic N) is 3. The molecule has 0 atom stereocenters. The second kappa shape index (κ2) is 5.30. The minimum atomic E-state index is -0.196. The number of aryl methyl sites for hydroxylation is 1. The Morgan fingerprint density at radius 1 is 1.33 bits per heavy atom. The van der Waals surface area contributed by atoms with Crippen LogP contribution in [0.1, 0.15) is 23.1 Å². The zero-order valence-electron chi connectivity index (χ0n) is 10.1. The number of carbonyl (C=O) groups excluding carboxylic acids is 1. The largest absolute Gasteiger partial charge is 0.351 e. The first-order valence-electron chi connectivity index (χ1n) is 5.60. The van der Waals surface area contributed by atoms with E-state index in [1.807, 2.05) is 31.2 Å². The van der Waals surface area contributed by atoms with Crippen molar-refractivity contribution in [2.45, 2.75) is 13.8 Å². The quantitative estimate of drug-likeness (QED) is 0.944. The highest BCUT2D eigenvalue weighted by Gasteiger charge is 2.15. The summed E-state index contributed by atoms with van der Waals surface area (Å²) in [6.45, 7) is 4.21. The van der Waals surface area contributed by atoms with Crippen LogP contribution in [0, 0.1) is 6.92 Å². The van der Waals surface area contributed by atoms with Gasteiger partial charge in [-0.05, 0) is 38.1 Å². The van der Waals surface area contributed by atoms with E-state index in [1.54, 1.807) is 6.92 Å². The van der Waals surface area contributed by atoms with E-state index >= 15 is 0 Å². The van der Waals surface area contributed by atoms with Gasteiger partial charge in [-0.2, -0.15) is 9.90 Å². The van der Waals surface area contributed by atoms with Crippen LogP contribution in [0.15, 0.2) is 28.7 Å². The molecule has 1 heterocycles. The zero-order valence-corrected chi connectivity index (χ0v) is 11.7. The van der Waals surface area contributed by atoms with Gasteiger partial charge in [-0.25, -0.2) is 0 Å². The predicted molar refractivity (Wildman–Crippen MR) is 71.8 cm³/mol. The Labute approximate surface area is 113 Å². The van der Waals surface area contributed by atoms with Gasteiger partial charge in [0.15, 0.2) is 5.69 Å². The number of carbonyl (C=O) groups is 1. The third kappa shape index (κ3) is 2.59. The fourth-order valence-corrected chi connectivity index (χ4v) is 1.79. The van der Waals surface area contributed by atoms with Gasteiger partial charge in [0.2, 0.25) is 0 Å².